The summed E-state index contributed by atoms with van der Waals surface area (Å²) >= 11 is 0. The Balaban J connectivity index is 1.84. The molecule has 0 amide bonds. The van der Waals surface area contributed by atoms with E-state index >= 15 is 0 Å². The summed E-state index contributed by atoms with van der Waals surface area (Å²) in [6.07, 6.45) is 5.54. The number of nitrogens with one attached hydrogen (secondary N) is 1. The molecule has 1 fully saturated rings. The van der Waals surface area contributed by atoms with Crippen molar-refractivity contribution in [2.75, 3.05) is 26.2 Å². The maximum Gasteiger partial charge on any atom is 0.240 e. The number of rotatable bonds is 9. The van der Waals surface area contributed by atoms with Gasteiger partial charge in [0.05, 0.1) is 13.2 Å². The molecule has 1 aliphatic rings. The Morgan fingerprint density at radius 1 is 1.50 bits per heavy atom. The van der Waals surface area contributed by atoms with E-state index in [-0.39, 0.29) is 6.61 Å². The van der Waals surface area contributed by atoms with Gasteiger partial charge in [-0.2, -0.15) is 4.98 Å². The average Bonchev–Trinajstić information content (AvgIpc) is 3.08. The van der Waals surface area contributed by atoms with Crippen molar-refractivity contribution in [2.45, 2.75) is 51.6 Å². The molecule has 20 heavy (non-hydrogen) atoms. The molecule has 6 heteroatoms. The Hall–Kier alpha value is -0.980. The molecular formula is C14H26N4O2. The Labute approximate surface area is 120 Å². The second kappa shape index (κ2) is 8.34. The Kier molecular flexibility index (Phi) is 6.42. The van der Waals surface area contributed by atoms with E-state index in [0.29, 0.717) is 25.0 Å². The van der Waals surface area contributed by atoms with Gasteiger partial charge in [0.1, 0.15) is 0 Å². The first kappa shape index (κ1) is 15.4. The van der Waals surface area contributed by atoms with Crippen LogP contribution in [-0.4, -0.2) is 52.4 Å². The topological polar surface area (TPSA) is 74.4 Å². The van der Waals surface area contributed by atoms with Gasteiger partial charge in [-0.1, -0.05) is 18.5 Å². The van der Waals surface area contributed by atoms with Crippen molar-refractivity contribution < 1.29 is 9.63 Å². The first-order valence-corrected chi connectivity index (χ1v) is 7.70. The Morgan fingerprint density at radius 2 is 2.40 bits per heavy atom. The standard InChI is InChI=1S/C14H26N4O2/c1-2-3-6-13-16-14(20-17-13)11-18(8-9-19)10-12-5-4-7-15-12/h12,15,19H,2-11H2,1H3. The van der Waals surface area contributed by atoms with Crippen LogP contribution in [0.5, 0.6) is 0 Å². The van der Waals surface area contributed by atoms with Crippen LogP contribution >= 0.6 is 0 Å². The maximum absolute atomic E-state index is 9.18. The van der Waals surface area contributed by atoms with Gasteiger partial charge in [0.25, 0.3) is 0 Å². The molecule has 1 unspecified atom stereocenters. The van der Waals surface area contributed by atoms with Gasteiger partial charge >= 0.3 is 0 Å². The van der Waals surface area contributed by atoms with Crippen molar-refractivity contribution in [2.24, 2.45) is 0 Å². The summed E-state index contributed by atoms with van der Waals surface area (Å²) in [4.78, 5) is 6.60. The largest absolute Gasteiger partial charge is 0.395 e. The molecule has 0 aromatic carbocycles. The zero-order valence-corrected chi connectivity index (χ0v) is 12.3. The smallest absolute Gasteiger partial charge is 0.240 e. The van der Waals surface area contributed by atoms with Crippen LogP contribution in [0.25, 0.3) is 0 Å². The lowest BCUT2D eigenvalue weighted by Gasteiger charge is -2.23. The number of aryl methyl sites for hydroxylation is 1. The highest BCUT2D eigenvalue weighted by molar-refractivity contribution is 4.88. The van der Waals surface area contributed by atoms with Crippen LogP contribution in [0.3, 0.4) is 0 Å². The minimum atomic E-state index is 0.156. The van der Waals surface area contributed by atoms with E-state index in [1.54, 1.807) is 0 Å². The lowest BCUT2D eigenvalue weighted by molar-refractivity contribution is 0.163. The summed E-state index contributed by atoms with van der Waals surface area (Å²) in [6, 6.07) is 0.518. The van der Waals surface area contributed by atoms with Crippen molar-refractivity contribution in [1.82, 2.24) is 20.4 Å². The molecule has 2 rings (SSSR count). The van der Waals surface area contributed by atoms with Crippen LogP contribution in [-0.2, 0) is 13.0 Å². The number of aromatic nitrogens is 2. The van der Waals surface area contributed by atoms with Crippen molar-refractivity contribution >= 4 is 0 Å². The van der Waals surface area contributed by atoms with E-state index < -0.39 is 0 Å². The van der Waals surface area contributed by atoms with Crippen LogP contribution in [0.2, 0.25) is 0 Å². The van der Waals surface area contributed by atoms with Crippen LogP contribution in [0.4, 0.5) is 0 Å². The average molecular weight is 282 g/mol. The highest BCUT2D eigenvalue weighted by Crippen LogP contribution is 2.10. The van der Waals surface area contributed by atoms with E-state index in [1.165, 1.54) is 12.8 Å². The van der Waals surface area contributed by atoms with E-state index in [4.69, 9.17) is 4.52 Å². The van der Waals surface area contributed by atoms with Gasteiger partial charge in [-0.25, -0.2) is 0 Å². The molecule has 2 N–H and O–H groups in total. The first-order valence-electron chi connectivity index (χ1n) is 7.70. The summed E-state index contributed by atoms with van der Waals surface area (Å²) in [7, 11) is 0. The lowest BCUT2D eigenvalue weighted by Crippen LogP contribution is -2.38. The maximum atomic E-state index is 9.18. The summed E-state index contributed by atoms with van der Waals surface area (Å²) in [5, 5.41) is 16.7. The van der Waals surface area contributed by atoms with Gasteiger partial charge in [0, 0.05) is 25.6 Å². The fraction of sp³-hybridized carbons (Fsp3) is 0.857. The molecule has 0 aliphatic carbocycles. The second-order valence-electron chi connectivity index (χ2n) is 5.46. The second-order valence-corrected chi connectivity index (χ2v) is 5.46. The molecule has 6 nitrogen and oxygen atoms in total. The highest BCUT2D eigenvalue weighted by Gasteiger charge is 2.19. The molecule has 1 atom stereocenters. The van der Waals surface area contributed by atoms with Gasteiger partial charge in [-0.3, -0.25) is 4.90 Å². The molecule has 2 heterocycles. The summed E-state index contributed by atoms with van der Waals surface area (Å²) in [5.41, 5.74) is 0. The van der Waals surface area contributed by atoms with Gasteiger partial charge < -0.3 is 14.9 Å². The molecule has 1 saturated heterocycles. The number of aliphatic hydroxyl groups excluding tert-OH is 1. The number of unbranched alkanes of at least 4 members (excludes halogenated alkanes) is 1. The monoisotopic (exact) mass is 282 g/mol. The van der Waals surface area contributed by atoms with E-state index in [1.807, 2.05) is 0 Å². The molecule has 0 spiro atoms. The summed E-state index contributed by atoms with van der Waals surface area (Å²) in [6.45, 7) is 5.59. The number of hydrogen-bond acceptors (Lipinski definition) is 6. The molecule has 1 aromatic rings. The number of hydrogen-bond donors (Lipinski definition) is 2. The molecular weight excluding hydrogens is 256 g/mol. The van der Waals surface area contributed by atoms with Crippen LogP contribution in [0.15, 0.2) is 4.52 Å². The number of aliphatic hydroxyl groups is 1. The summed E-state index contributed by atoms with van der Waals surface area (Å²) in [5.74, 6) is 1.45. The Morgan fingerprint density at radius 3 is 3.10 bits per heavy atom. The van der Waals surface area contributed by atoms with Gasteiger partial charge in [-0.15, -0.1) is 0 Å². The normalized spacial score (nSPS) is 19.1. The molecule has 0 bridgehead atoms. The molecule has 0 saturated carbocycles. The van der Waals surface area contributed by atoms with E-state index in [9.17, 15) is 5.11 Å². The van der Waals surface area contributed by atoms with Crippen molar-refractivity contribution in [1.29, 1.82) is 0 Å². The lowest BCUT2D eigenvalue weighted by atomic mass is 10.2. The predicted octanol–water partition coefficient (Wildman–Crippen LogP) is 0.958. The van der Waals surface area contributed by atoms with Crippen LogP contribution in [0, 0.1) is 0 Å². The van der Waals surface area contributed by atoms with Crippen molar-refractivity contribution in [3.8, 4) is 0 Å². The van der Waals surface area contributed by atoms with Crippen LogP contribution in [0.1, 0.15) is 44.3 Å². The van der Waals surface area contributed by atoms with Crippen LogP contribution < -0.4 is 5.32 Å². The SMILES string of the molecule is CCCCc1noc(CN(CCO)CC2CCCN2)n1. The van der Waals surface area contributed by atoms with Gasteiger partial charge in [0.15, 0.2) is 5.82 Å². The van der Waals surface area contributed by atoms with E-state index in [0.717, 1.165) is 38.2 Å². The van der Waals surface area contributed by atoms with Crippen molar-refractivity contribution in [3.63, 3.8) is 0 Å². The third kappa shape index (κ3) is 4.85. The first-order chi connectivity index (χ1) is 9.81. The third-order valence-corrected chi connectivity index (χ3v) is 3.68. The van der Waals surface area contributed by atoms with Crippen molar-refractivity contribution in [3.05, 3.63) is 11.7 Å². The number of nitrogens with zero attached hydrogens (tertiary/aromatic N) is 3. The van der Waals surface area contributed by atoms with Gasteiger partial charge in [-0.05, 0) is 25.8 Å². The zero-order valence-electron chi connectivity index (χ0n) is 12.3. The Bertz CT molecular complexity index is 377. The predicted molar refractivity (Wildman–Crippen MR) is 76.3 cm³/mol. The minimum absolute atomic E-state index is 0.156. The van der Waals surface area contributed by atoms with E-state index in [2.05, 4.69) is 27.3 Å². The molecule has 114 valence electrons. The molecule has 0 radical (unpaired) electrons. The molecule has 1 aliphatic heterocycles. The third-order valence-electron chi connectivity index (χ3n) is 3.68. The quantitative estimate of drug-likeness (QED) is 0.703. The zero-order chi connectivity index (χ0) is 14.2. The minimum Gasteiger partial charge on any atom is -0.395 e. The highest BCUT2D eigenvalue weighted by atomic mass is 16.5. The fourth-order valence-corrected chi connectivity index (χ4v) is 2.58. The molecule has 1 aromatic heterocycles. The fourth-order valence-electron chi connectivity index (χ4n) is 2.58. The summed E-state index contributed by atoms with van der Waals surface area (Å²) < 4.78 is 5.30. The van der Waals surface area contributed by atoms with Gasteiger partial charge in [0.2, 0.25) is 5.89 Å².